The van der Waals surface area contributed by atoms with Crippen LogP contribution in [0.25, 0.3) is 0 Å². The van der Waals surface area contributed by atoms with Crippen LogP contribution in [0, 0.1) is 0 Å². The molecule has 1 aliphatic rings. The Hall–Kier alpha value is -0.810. The molecule has 0 aliphatic carbocycles. The van der Waals surface area contributed by atoms with Gasteiger partial charge in [-0.15, -0.1) is 0 Å². The van der Waals surface area contributed by atoms with Crippen molar-refractivity contribution in [2.75, 3.05) is 47.4 Å². The van der Waals surface area contributed by atoms with Gasteiger partial charge in [-0.1, -0.05) is 0 Å². The second-order valence-electron chi connectivity index (χ2n) is 5.01. The van der Waals surface area contributed by atoms with Gasteiger partial charge < -0.3 is 14.5 Å². The zero-order valence-electron chi connectivity index (χ0n) is 11.6. The zero-order chi connectivity index (χ0) is 13.0. The van der Waals surface area contributed by atoms with Crippen molar-refractivity contribution in [3.05, 3.63) is 0 Å². The Morgan fingerprint density at radius 2 is 1.82 bits per heavy atom. The summed E-state index contributed by atoms with van der Waals surface area (Å²) in [6.07, 6.45) is 0. The van der Waals surface area contributed by atoms with E-state index in [4.69, 9.17) is 4.74 Å². The van der Waals surface area contributed by atoms with E-state index in [9.17, 15) is 4.79 Å². The minimum atomic E-state index is 0.107. The summed E-state index contributed by atoms with van der Waals surface area (Å²) < 4.78 is 5.12. The van der Waals surface area contributed by atoms with Crippen molar-refractivity contribution >= 4 is 6.03 Å². The van der Waals surface area contributed by atoms with E-state index in [1.54, 1.807) is 26.1 Å². The van der Waals surface area contributed by atoms with Crippen molar-refractivity contribution in [2.45, 2.75) is 25.9 Å². The van der Waals surface area contributed by atoms with Crippen LogP contribution in [0.4, 0.5) is 4.79 Å². The Morgan fingerprint density at radius 1 is 1.29 bits per heavy atom. The number of hydrogen-bond donors (Lipinski definition) is 0. The third kappa shape index (κ3) is 3.57. The van der Waals surface area contributed by atoms with Crippen LogP contribution < -0.4 is 0 Å². The summed E-state index contributed by atoms with van der Waals surface area (Å²) in [6.45, 7) is 7.61. The van der Waals surface area contributed by atoms with Crippen LogP contribution in [0.2, 0.25) is 0 Å². The first kappa shape index (κ1) is 14.3. The number of methoxy groups -OCH3 is 1. The van der Waals surface area contributed by atoms with Gasteiger partial charge in [0.05, 0.1) is 6.61 Å². The van der Waals surface area contributed by atoms with Crippen LogP contribution in [0.3, 0.4) is 0 Å². The van der Waals surface area contributed by atoms with Crippen LogP contribution in [0.5, 0.6) is 0 Å². The highest BCUT2D eigenvalue weighted by Gasteiger charge is 2.31. The van der Waals surface area contributed by atoms with Crippen molar-refractivity contribution in [3.63, 3.8) is 0 Å². The highest BCUT2D eigenvalue weighted by atomic mass is 16.5. The summed E-state index contributed by atoms with van der Waals surface area (Å²) in [5.74, 6) is 0. The van der Waals surface area contributed by atoms with E-state index >= 15 is 0 Å². The number of nitrogens with zero attached hydrogens (tertiary/aromatic N) is 3. The lowest BCUT2D eigenvalue weighted by Gasteiger charge is -2.44. The highest BCUT2D eigenvalue weighted by molar-refractivity contribution is 5.74. The number of piperazine rings is 1. The van der Waals surface area contributed by atoms with Gasteiger partial charge in [0.2, 0.25) is 0 Å². The summed E-state index contributed by atoms with van der Waals surface area (Å²) in [6, 6.07) is 0.880. The van der Waals surface area contributed by atoms with Crippen LogP contribution in [0.1, 0.15) is 13.8 Å². The molecule has 2 atom stereocenters. The number of hydrogen-bond acceptors (Lipinski definition) is 3. The van der Waals surface area contributed by atoms with Crippen LogP contribution in [-0.4, -0.2) is 80.3 Å². The summed E-state index contributed by atoms with van der Waals surface area (Å²) in [7, 11) is 5.32. The molecular formula is C12H25N3O2. The van der Waals surface area contributed by atoms with E-state index < -0.39 is 0 Å². The fraction of sp³-hybridized carbons (Fsp3) is 0.917. The minimum absolute atomic E-state index is 0.107. The van der Waals surface area contributed by atoms with Gasteiger partial charge in [0.1, 0.15) is 0 Å². The molecule has 0 aromatic carbocycles. The monoisotopic (exact) mass is 243 g/mol. The molecule has 0 saturated carbocycles. The molecule has 1 saturated heterocycles. The molecule has 2 amide bonds. The molecule has 0 radical (unpaired) electrons. The number of carbonyl (C=O) groups excluding carboxylic acids is 1. The van der Waals surface area contributed by atoms with E-state index in [0.717, 1.165) is 26.2 Å². The Morgan fingerprint density at radius 3 is 2.24 bits per heavy atom. The van der Waals surface area contributed by atoms with Gasteiger partial charge in [0, 0.05) is 52.9 Å². The molecule has 100 valence electrons. The molecule has 0 N–H and O–H groups in total. The molecule has 5 nitrogen and oxygen atoms in total. The molecule has 5 heteroatoms. The third-order valence-electron chi connectivity index (χ3n) is 3.31. The lowest BCUT2D eigenvalue weighted by atomic mass is 10.1. The van der Waals surface area contributed by atoms with Gasteiger partial charge >= 0.3 is 6.03 Å². The second-order valence-corrected chi connectivity index (χ2v) is 5.01. The molecule has 1 fully saturated rings. The minimum Gasteiger partial charge on any atom is -0.383 e. The van der Waals surface area contributed by atoms with Gasteiger partial charge in [-0.25, -0.2) is 4.79 Å². The molecule has 0 aromatic heterocycles. The van der Waals surface area contributed by atoms with E-state index in [1.165, 1.54) is 0 Å². The summed E-state index contributed by atoms with van der Waals surface area (Å²) >= 11 is 0. The van der Waals surface area contributed by atoms with Crippen molar-refractivity contribution in [1.29, 1.82) is 0 Å². The summed E-state index contributed by atoms with van der Waals surface area (Å²) in [4.78, 5) is 17.9. The quantitative estimate of drug-likeness (QED) is 0.732. The maximum absolute atomic E-state index is 11.9. The van der Waals surface area contributed by atoms with Gasteiger partial charge in [-0.3, -0.25) is 4.90 Å². The van der Waals surface area contributed by atoms with E-state index in [2.05, 4.69) is 18.7 Å². The van der Waals surface area contributed by atoms with E-state index in [0.29, 0.717) is 12.1 Å². The molecule has 0 spiro atoms. The molecular weight excluding hydrogens is 218 g/mol. The van der Waals surface area contributed by atoms with Crippen molar-refractivity contribution < 1.29 is 9.53 Å². The average molecular weight is 243 g/mol. The number of carbonyl (C=O) groups is 1. The first-order valence-electron chi connectivity index (χ1n) is 6.18. The Balaban J connectivity index is 2.57. The number of amides is 2. The lowest BCUT2D eigenvalue weighted by Crippen LogP contribution is -2.59. The standard InChI is InChI=1S/C12H25N3O2/c1-10-8-14(12(16)13(3)4)9-11(2)15(10)6-7-17-5/h10-11H,6-9H2,1-5H3. The van der Waals surface area contributed by atoms with Crippen LogP contribution in [-0.2, 0) is 4.74 Å². The zero-order valence-corrected chi connectivity index (χ0v) is 11.6. The summed E-state index contributed by atoms with van der Waals surface area (Å²) in [5.41, 5.74) is 0. The Labute approximate surface area is 104 Å². The second kappa shape index (κ2) is 6.21. The molecule has 0 bridgehead atoms. The van der Waals surface area contributed by atoms with Gasteiger partial charge in [-0.2, -0.15) is 0 Å². The predicted molar refractivity (Wildman–Crippen MR) is 68.2 cm³/mol. The van der Waals surface area contributed by atoms with Crippen LogP contribution in [0.15, 0.2) is 0 Å². The largest absolute Gasteiger partial charge is 0.383 e. The number of ether oxygens (including phenoxy) is 1. The predicted octanol–water partition coefficient (Wildman–Crippen LogP) is 0.709. The maximum Gasteiger partial charge on any atom is 0.319 e. The Bertz CT molecular complexity index is 246. The lowest BCUT2D eigenvalue weighted by molar-refractivity contribution is 0.0302. The molecule has 1 heterocycles. The molecule has 17 heavy (non-hydrogen) atoms. The smallest absolute Gasteiger partial charge is 0.319 e. The summed E-state index contributed by atoms with van der Waals surface area (Å²) in [5, 5.41) is 0. The molecule has 2 unspecified atom stereocenters. The topological polar surface area (TPSA) is 36.0 Å². The van der Waals surface area contributed by atoms with Gasteiger partial charge in [-0.05, 0) is 13.8 Å². The van der Waals surface area contributed by atoms with Crippen molar-refractivity contribution in [2.24, 2.45) is 0 Å². The van der Waals surface area contributed by atoms with Gasteiger partial charge in [0.15, 0.2) is 0 Å². The van der Waals surface area contributed by atoms with Crippen LogP contribution >= 0.6 is 0 Å². The molecule has 1 rings (SSSR count). The molecule has 0 aromatic rings. The van der Waals surface area contributed by atoms with E-state index in [1.807, 2.05) is 4.90 Å². The SMILES string of the molecule is COCCN1C(C)CN(C(=O)N(C)C)CC1C. The first-order chi connectivity index (χ1) is 7.97. The fourth-order valence-electron chi connectivity index (χ4n) is 2.43. The van der Waals surface area contributed by atoms with Crippen molar-refractivity contribution in [3.8, 4) is 0 Å². The molecule has 1 aliphatic heterocycles. The highest BCUT2D eigenvalue weighted by Crippen LogP contribution is 2.16. The Kier molecular flexibility index (Phi) is 5.21. The maximum atomic E-state index is 11.9. The normalized spacial score (nSPS) is 26.1. The number of rotatable bonds is 3. The third-order valence-corrected chi connectivity index (χ3v) is 3.31. The van der Waals surface area contributed by atoms with E-state index in [-0.39, 0.29) is 6.03 Å². The van der Waals surface area contributed by atoms with Gasteiger partial charge in [0.25, 0.3) is 0 Å². The first-order valence-corrected chi connectivity index (χ1v) is 6.18. The van der Waals surface area contributed by atoms with Crippen molar-refractivity contribution in [1.82, 2.24) is 14.7 Å². The average Bonchev–Trinajstić information content (AvgIpc) is 2.26. The number of urea groups is 1. The fourth-order valence-corrected chi connectivity index (χ4v) is 2.43.